The topological polar surface area (TPSA) is 99.9 Å². The van der Waals surface area contributed by atoms with Crippen LogP contribution in [0, 0.1) is 0 Å². The zero-order valence-corrected chi connectivity index (χ0v) is 18.1. The van der Waals surface area contributed by atoms with Gasteiger partial charge in [-0.25, -0.2) is 4.68 Å². The van der Waals surface area contributed by atoms with Gasteiger partial charge in [-0.3, -0.25) is 9.69 Å². The van der Waals surface area contributed by atoms with Crippen LogP contribution in [0.2, 0.25) is 0 Å². The summed E-state index contributed by atoms with van der Waals surface area (Å²) < 4.78 is 1.80. The standard InChI is InChI=1S/C22H30N6O2/c1-5-14-6-7-18-15(12-14)13-17(21(30)23-18)19(27-10-8-16(29)9-11-27)20-24-25-26-28(20)22(2,3)4/h6-7,12-13,16,19,29H,5,8-11H2,1-4H3,(H,23,30)/t19-/m1/s1. The number of aliphatic hydroxyl groups is 1. The van der Waals surface area contributed by atoms with Gasteiger partial charge in [0, 0.05) is 24.2 Å². The summed E-state index contributed by atoms with van der Waals surface area (Å²) in [6, 6.07) is 7.72. The minimum atomic E-state index is -0.384. The van der Waals surface area contributed by atoms with Crippen LogP contribution in [-0.2, 0) is 12.0 Å². The van der Waals surface area contributed by atoms with Crippen LogP contribution in [0.15, 0.2) is 29.1 Å². The maximum Gasteiger partial charge on any atom is 0.253 e. The van der Waals surface area contributed by atoms with Crippen molar-refractivity contribution in [2.24, 2.45) is 0 Å². The van der Waals surface area contributed by atoms with Crippen LogP contribution < -0.4 is 5.56 Å². The van der Waals surface area contributed by atoms with E-state index in [0.29, 0.717) is 37.3 Å². The van der Waals surface area contributed by atoms with E-state index in [0.717, 1.165) is 17.3 Å². The number of aliphatic hydroxyl groups excluding tert-OH is 1. The first-order valence-corrected chi connectivity index (χ1v) is 10.6. The molecule has 160 valence electrons. The third-order valence-electron chi connectivity index (χ3n) is 5.88. The largest absolute Gasteiger partial charge is 0.393 e. The molecular formula is C22H30N6O2. The number of hydrogen-bond donors (Lipinski definition) is 2. The molecule has 0 radical (unpaired) electrons. The number of H-pyrrole nitrogens is 1. The second-order valence-electron chi connectivity index (χ2n) is 9.12. The van der Waals surface area contributed by atoms with E-state index in [-0.39, 0.29) is 23.2 Å². The normalized spacial score (nSPS) is 17.5. The quantitative estimate of drug-likeness (QED) is 0.685. The number of piperidine rings is 1. The maximum atomic E-state index is 13.2. The zero-order chi connectivity index (χ0) is 21.5. The molecule has 1 fully saturated rings. The lowest BCUT2D eigenvalue weighted by Gasteiger charge is -2.36. The summed E-state index contributed by atoms with van der Waals surface area (Å²) >= 11 is 0. The number of aromatic amines is 1. The van der Waals surface area contributed by atoms with E-state index in [1.165, 1.54) is 5.56 Å². The van der Waals surface area contributed by atoms with E-state index in [9.17, 15) is 9.90 Å². The number of tetrazole rings is 1. The lowest BCUT2D eigenvalue weighted by molar-refractivity contribution is 0.0647. The zero-order valence-electron chi connectivity index (χ0n) is 18.1. The molecule has 1 aliphatic rings. The molecule has 2 N–H and O–H groups in total. The predicted octanol–water partition coefficient (Wildman–Crippen LogP) is 2.38. The second-order valence-corrected chi connectivity index (χ2v) is 9.12. The van der Waals surface area contributed by atoms with Gasteiger partial charge in [-0.15, -0.1) is 5.10 Å². The van der Waals surface area contributed by atoms with E-state index in [2.05, 4.69) is 38.4 Å². The molecule has 3 aromatic rings. The average molecular weight is 411 g/mol. The van der Waals surface area contributed by atoms with Gasteiger partial charge < -0.3 is 10.1 Å². The van der Waals surface area contributed by atoms with Gasteiger partial charge in [0.1, 0.15) is 6.04 Å². The van der Waals surface area contributed by atoms with Gasteiger partial charge >= 0.3 is 0 Å². The highest BCUT2D eigenvalue weighted by molar-refractivity contribution is 5.80. The van der Waals surface area contributed by atoms with E-state index in [1.807, 2.05) is 39.0 Å². The first-order chi connectivity index (χ1) is 14.3. The number of nitrogens with zero attached hydrogens (tertiary/aromatic N) is 5. The molecule has 0 bridgehead atoms. The van der Waals surface area contributed by atoms with Gasteiger partial charge in [-0.1, -0.05) is 13.0 Å². The van der Waals surface area contributed by atoms with Crippen molar-refractivity contribution < 1.29 is 5.11 Å². The molecule has 1 atom stereocenters. The Morgan fingerprint density at radius 2 is 1.97 bits per heavy atom. The molecule has 8 heteroatoms. The van der Waals surface area contributed by atoms with Crippen molar-refractivity contribution in [1.29, 1.82) is 0 Å². The van der Waals surface area contributed by atoms with Crippen molar-refractivity contribution >= 4 is 10.9 Å². The number of aryl methyl sites for hydroxylation is 1. The molecule has 0 spiro atoms. The average Bonchev–Trinajstić information content (AvgIpc) is 3.19. The van der Waals surface area contributed by atoms with Crippen LogP contribution in [0.3, 0.4) is 0 Å². The third-order valence-corrected chi connectivity index (χ3v) is 5.88. The number of benzene rings is 1. The molecule has 1 aromatic carbocycles. The van der Waals surface area contributed by atoms with Crippen molar-refractivity contribution in [2.75, 3.05) is 13.1 Å². The molecule has 0 unspecified atom stereocenters. The summed E-state index contributed by atoms with van der Waals surface area (Å²) in [5.74, 6) is 0.649. The van der Waals surface area contributed by atoms with E-state index < -0.39 is 0 Å². The minimum Gasteiger partial charge on any atom is -0.393 e. The highest BCUT2D eigenvalue weighted by atomic mass is 16.3. The van der Waals surface area contributed by atoms with Crippen molar-refractivity contribution in [1.82, 2.24) is 30.1 Å². The molecule has 8 nitrogen and oxygen atoms in total. The van der Waals surface area contributed by atoms with Crippen LogP contribution >= 0.6 is 0 Å². The first-order valence-electron chi connectivity index (χ1n) is 10.6. The molecule has 0 saturated carbocycles. The van der Waals surface area contributed by atoms with Crippen LogP contribution in [0.1, 0.15) is 63.5 Å². The molecule has 1 saturated heterocycles. The fourth-order valence-corrected chi connectivity index (χ4v) is 4.18. The molecule has 0 aliphatic carbocycles. The Balaban J connectivity index is 1.89. The molecule has 3 heterocycles. The lowest BCUT2D eigenvalue weighted by atomic mass is 9.98. The Kier molecular flexibility index (Phi) is 5.46. The maximum absolute atomic E-state index is 13.2. The molecule has 2 aromatic heterocycles. The number of pyridine rings is 1. The molecule has 4 rings (SSSR count). The van der Waals surface area contributed by atoms with Crippen LogP contribution in [-0.4, -0.2) is 54.4 Å². The van der Waals surface area contributed by atoms with Crippen LogP contribution in [0.25, 0.3) is 10.9 Å². The second kappa shape index (κ2) is 7.92. The number of likely N-dealkylation sites (tertiary alicyclic amines) is 1. The van der Waals surface area contributed by atoms with Gasteiger partial charge in [0.25, 0.3) is 5.56 Å². The Hall–Kier alpha value is -2.58. The predicted molar refractivity (Wildman–Crippen MR) is 115 cm³/mol. The molecule has 30 heavy (non-hydrogen) atoms. The van der Waals surface area contributed by atoms with Gasteiger partial charge in [0.15, 0.2) is 5.82 Å². The Morgan fingerprint density at radius 1 is 1.23 bits per heavy atom. The summed E-state index contributed by atoms with van der Waals surface area (Å²) in [6.45, 7) is 9.60. The first kappa shape index (κ1) is 20.7. The molecular weight excluding hydrogens is 380 g/mol. The van der Waals surface area contributed by atoms with Gasteiger partial charge in [-0.2, -0.15) is 0 Å². The van der Waals surface area contributed by atoms with E-state index in [1.54, 1.807) is 4.68 Å². The summed E-state index contributed by atoms with van der Waals surface area (Å²) in [6.07, 6.45) is 1.96. The summed E-state index contributed by atoms with van der Waals surface area (Å²) in [4.78, 5) is 18.4. The molecule has 1 aliphatic heterocycles. The van der Waals surface area contributed by atoms with Crippen LogP contribution in [0.5, 0.6) is 0 Å². The third kappa shape index (κ3) is 3.89. The summed E-state index contributed by atoms with van der Waals surface area (Å²) in [7, 11) is 0. The van der Waals surface area contributed by atoms with Crippen molar-refractivity contribution in [3.8, 4) is 0 Å². The number of nitrogens with one attached hydrogen (secondary N) is 1. The summed E-state index contributed by atoms with van der Waals surface area (Å²) in [5.41, 5.74) is 2.21. The monoisotopic (exact) mass is 410 g/mol. The Bertz CT molecular complexity index is 1090. The highest BCUT2D eigenvalue weighted by Crippen LogP contribution is 2.31. The lowest BCUT2D eigenvalue weighted by Crippen LogP contribution is -2.42. The number of aromatic nitrogens is 5. The molecule has 0 amide bonds. The van der Waals surface area contributed by atoms with Crippen molar-refractivity contribution in [3.05, 3.63) is 51.6 Å². The Morgan fingerprint density at radius 3 is 2.63 bits per heavy atom. The van der Waals surface area contributed by atoms with Gasteiger partial charge in [0.2, 0.25) is 0 Å². The fraction of sp³-hybridized carbons (Fsp3) is 0.545. The fourth-order valence-electron chi connectivity index (χ4n) is 4.18. The Labute approximate surface area is 175 Å². The van der Waals surface area contributed by atoms with Gasteiger partial charge in [-0.05, 0) is 79.6 Å². The SMILES string of the molecule is CCc1ccc2[nH]c(=O)c([C@H](c3nnnn3C(C)(C)C)N3CCC(O)CC3)cc2c1. The van der Waals surface area contributed by atoms with Gasteiger partial charge in [0.05, 0.1) is 11.6 Å². The van der Waals surface area contributed by atoms with E-state index >= 15 is 0 Å². The number of rotatable bonds is 4. The van der Waals surface area contributed by atoms with Crippen LogP contribution in [0.4, 0.5) is 0 Å². The number of fused-ring (bicyclic) bond motifs is 1. The summed E-state index contributed by atoms with van der Waals surface area (Å²) in [5, 5.41) is 23.5. The number of hydrogen-bond acceptors (Lipinski definition) is 6. The smallest absolute Gasteiger partial charge is 0.253 e. The van der Waals surface area contributed by atoms with E-state index in [4.69, 9.17) is 0 Å². The minimum absolute atomic E-state index is 0.133. The van der Waals surface area contributed by atoms with Crippen molar-refractivity contribution in [2.45, 2.75) is 64.6 Å². The van der Waals surface area contributed by atoms with Crippen molar-refractivity contribution in [3.63, 3.8) is 0 Å². The highest BCUT2D eigenvalue weighted by Gasteiger charge is 2.34.